The van der Waals surface area contributed by atoms with Gasteiger partial charge in [-0.25, -0.2) is 0 Å². The first kappa shape index (κ1) is 28.5. The number of carbonyl (C=O) groups excluding carboxylic acids is 3. The molecule has 4 unspecified atom stereocenters. The van der Waals surface area contributed by atoms with E-state index >= 15 is 8.78 Å². The standard InChI is InChI=1S/C27H29ClF2O7/c1-5-18-6-8-19(9-7-18)12-21-13-20(10-11-22(21)28)24-25(35-16(3)32)26(36-17(4)33)27(29,30)23(37-24)14-34-15(2)31/h6-11,13,23-26H,5,12,14H2,1-4H3. The van der Waals surface area contributed by atoms with Crippen LogP contribution in [0.2, 0.25) is 5.02 Å². The van der Waals surface area contributed by atoms with Crippen LogP contribution < -0.4 is 0 Å². The zero-order valence-electron chi connectivity index (χ0n) is 21.0. The van der Waals surface area contributed by atoms with E-state index in [1.165, 1.54) is 5.56 Å². The highest BCUT2D eigenvalue weighted by molar-refractivity contribution is 6.31. The lowest BCUT2D eigenvalue weighted by Gasteiger charge is -2.45. The van der Waals surface area contributed by atoms with Gasteiger partial charge in [0.25, 0.3) is 0 Å². The van der Waals surface area contributed by atoms with Crippen LogP contribution >= 0.6 is 11.6 Å². The molecule has 1 aliphatic heterocycles. The lowest BCUT2D eigenvalue weighted by atomic mass is 9.89. The highest BCUT2D eigenvalue weighted by Crippen LogP contribution is 2.44. The Morgan fingerprint density at radius 2 is 1.57 bits per heavy atom. The van der Waals surface area contributed by atoms with Gasteiger partial charge in [-0.1, -0.05) is 54.9 Å². The van der Waals surface area contributed by atoms with Gasteiger partial charge in [-0.3, -0.25) is 14.4 Å². The maximum atomic E-state index is 15.4. The fraction of sp³-hybridized carbons (Fsp3) is 0.444. The Labute approximate surface area is 219 Å². The van der Waals surface area contributed by atoms with Crippen molar-refractivity contribution >= 4 is 29.5 Å². The number of alkyl halides is 2. The van der Waals surface area contributed by atoms with Crippen LogP contribution in [0.5, 0.6) is 0 Å². The van der Waals surface area contributed by atoms with Crippen molar-refractivity contribution in [2.75, 3.05) is 6.61 Å². The van der Waals surface area contributed by atoms with E-state index in [4.69, 9.17) is 30.5 Å². The molecule has 1 aliphatic rings. The van der Waals surface area contributed by atoms with Gasteiger partial charge in [0.2, 0.25) is 6.10 Å². The van der Waals surface area contributed by atoms with E-state index < -0.39 is 54.9 Å². The van der Waals surface area contributed by atoms with Crippen molar-refractivity contribution < 1.29 is 42.1 Å². The van der Waals surface area contributed by atoms with Gasteiger partial charge < -0.3 is 18.9 Å². The highest BCUT2D eigenvalue weighted by Gasteiger charge is 2.62. The number of esters is 3. The van der Waals surface area contributed by atoms with Crippen molar-refractivity contribution in [1.82, 2.24) is 0 Å². The summed E-state index contributed by atoms with van der Waals surface area (Å²) in [5.74, 6) is -6.49. The molecule has 1 fully saturated rings. The molecule has 200 valence electrons. The number of hydrogen-bond donors (Lipinski definition) is 0. The van der Waals surface area contributed by atoms with Crippen LogP contribution in [0.15, 0.2) is 42.5 Å². The highest BCUT2D eigenvalue weighted by atomic mass is 35.5. The molecule has 3 rings (SSSR count). The zero-order valence-corrected chi connectivity index (χ0v) is 21.7. The van der Waals surface area contributed by atoms with E-state index in [2.05, 4.69) is 6.92 Å². The summed E-state index contributed by atoms with van der Waals surface area (Å²) in [4.78, 5) is 35.0. The van der Waals surface area contributed by atoms with Crippen LogP contribution in [0.25, 0.3) is 0 Å². The Balaban J connectivity index is 2.03. The molecule has 2 aromatic rings. The fourth-order valence-electron chi connectivity index (χ4n) is 4.18. The van der Waals surface area contributed by atoms with Crippen molar-refractivity contribution in [3.05, 3.63) is 69.7 Å². The Kier molecular flexibility index (Phi) is 9.26. The first-order chi connectivity index (χ1) is 17.4. The Hall–Kier alpha value is -3.04. The first-order valence-corrected chi connectivity index (χ1v) is 12.2. The van der Waals surface area contributed by atoms with Crippen LogP contribution in [0.4, 0.5) is 8.78 Å². The maximum absolute atomic E-state index is 15.4. The predicted molar refractivity (Wildman–Crippen MR) is 130 cm³/mol. The van der Waals surface area contributed by atoms with Gasteiger partial charge in [-0.05, 0) is 41.2 Å². The summed E-state index contributed by atoms with van der Waals surface area (Å²) >= 11 is 6.45. The minimum absolute atomic E-state index is 0.372. The average molecular weight is 539 g/mol. The third kappa shape index (κ3) is 7.05. The molecule has 1 saturated heterocycles. The summed E-state index contributed by atoms with van der Waals surface area (Å²) in [6.07, 6.45) is -5.76. The molecule has 4 atom stereocenters. The van der Waals surface area contributed by atoms with Crippen LogP contribution in [-0.4, -0.2) is 48.7 Å². The summed E-state index contributed by atoms with van der Waals surface area (Å²) < 4.78 is 51.5. The Bertz CT molecular complexity index is 1140. The zero-order chi connectivity index (χ0) is 27.3. The molecule has 2 aromatic carbocycles. The van der Waals surface area contributed by atoms with Gasteiger partial charge in [-0.2, -0.15) is 8.78 Å². The minimum Gasteiger partial charge on any atom is -0.463 e. The predicted octanol–water partition coefficient (Wildman–Crippen LogP) is 4.99. The van der Waals surface area contributed by atoms with Crippen molar-refractivity contribution in [2.24, 2.45) is 0 Å². The smallest absolute Gasteiger partial charge is 0.316 e. The van der Waals surface area contributed by atoms with Crippen LogP contribution in [0.3, 0.4) is 0 Å². The molecule has 0 N–H and O–H groups in total. The molecule has 0 spiro atoms. The van der Waals surface area contributed by atoms with Gasteiger partial charge in [0.1, 0.15) is 12.7 Å². The normalized spacial score (nSPS) is 22.7. The maximum Gasteiger partial charge on any atom is 0.316 e. The third-order valence-corrected chi connectivity index (χ3v) is 6.34. The molecule has 7 nitrogen and oxygen atoms in total. The van der Waals surface area contributed by atoms with E-state index in [0.29, 0.717) is 22.6 Å². The number of hydrogen-bond acceptors (Lipinski definition) is 7. The molecular formula is C27H29ClF2O7. The summed E-state index contributed by atoms with van der Waals surface area (Å²) in [7, 11) is 0. The van der Waals surface area contributed by atoms with Gasteiger partial charge >= 0.3 is 23.8 Å². The third-order valence-electron chi connectivity index (χ3n) is 5.97. The fourth-order valence-corrected chi connectivity index (χ4v) is 4.36. The van der Waals surface area contributed by atoms with E-state index in [-0.39, 0.29) is 0 Å². The number of halogens is 3. The lowest BCUT2D eigenvalue weighted by Crippen LogP contribution is -2.62. The summed E-state index contributed by atoms with van der Waals surface area (Å²) in [5.41, 5.74) is 3.22. The second-order valence-electron chi connectivity index (χ2n) is 8.82. The largest absolute Gasteiger partial charge is 0.463 e. The van der Waals surface area contributed by atoms with Crippen molar-refractivity contribution in [2.45, 2.75) is 70.9 Å². The molecule has 0 radical (unpaired) electrons. The molecular weight excluding hydrogens is 510 g/mol. The number of aryl methyl sites for hydroxylation is 1. The van der Waals surface area contributed by atoms with Gasteiger partial charge in [0.05, 0.1) is 0 Å². The van der Waals surface area contributed by atoms with Gasteiger partial charge in [0, 0.05) is 25.8 Å². The SMILES string of the molecule is CCc1ccc(Cc2cc(C3OC(COC(C)=O)C(F)(F)C(OC(C)=O)C3OC(C)=O)ccc2Cl)cc1. The number of benzene rings is 2. The van der Waals surface area contributed by atoms with E-state index in [1.807, 2.05) is 24.3 Å². The van der Waals surface area contributed by atoms with E-state index in [9.17, 15) is 14.4 Å². The average Bonchev–Trinajstić information content (AvgIpc) is 2.82. The Morgan fingerprint density at radius 1 is 0.946 bits per heavy atom. The monoisotopic (exact) mass is 538 g/mol. The van der Waals surface area contributed by atoms with Crippen molar-refractivity contribution in [3.8, 4) is 0 Å². The molecule has 0 amide bonds. The Morgan fingerprint density at radius 3 is 2.14 bits per heavy atom. The molecule has 0 bridgehead atoms. The molecule has 0 aromatic heterocycles. The molecule has 37 heavy (non-hydrogen) atoms. The number of rotatable bonds is 8. The first-order valence-electron chi connectivity index (χ1n) is 11.8. The summed E-state index contributed by atoms with van der Waals surface area (Å²) in [6.45, 7) is 4.35. The van der Waals surface area contributed by atoms with E-state index in [1.54, 1.807) is 18.2 Å². The van der Waals surface area contributed by atoms with Crippen LogP contribution in [-0.2, 0) is 46.2 Å². The van der Waals surface area contributed by atoms with Crippen molar-refractivity contribution in [1.29, 1.82) is 0 Å². The summed E-state index contributed by atoms with van der Waals surface area (Å²) in [5, 5.41) is 0.446. The molecule has 0 aliphatic carbocycles. The van der Waals surface area contributed by atoms with Gasteiger partial charge in [-0.15, -0.1) is 0 Å². The quantitative estimate of drug-likeness (QED) is 0.345. The van der Waals surface area contributed by atoms with Crippen LogP contribution in [0.1, 0.15) is 56.1 Å². The topological polar surface area (TPSA) is 88.1 Å². The number of ether oxygens (including phenoxy) is 4. The second-order valence-corrected chi connectivity index (χ2v) is 9.23. The summed E-state index contributed by atoms with van der Waals surface area (Å²) in [6, 6.07) is 12.8. The second kappa shape index (κ2) is 12.0. The molecule has 10 heteroatoms. The van der Waals surface area contributed by atoms with Gasteiger partial charge in [0.15, 0.2) is 12.2 Å². The van der Waals surface area contributed by atoms with Crippen LogP contribution in [0, 0.1) is 0 Å². The molecule has 1 heterocycles. The molecule has 0 saturated carbocycles. The lowest BCUT2D eigenvalue weighted by molar-refractivity contribution is -0.303. The number of carbonyl (C=O) groups is 3. The minimum atomic E-state index is -3.84. The van der Waals surface area contributed by atoms with E-state index in [0.717, 1.165) is 32.8 Å². The van der Waals surface area contributed by atoms with Crippen molar-refractivity contribution in [3.63, 3.8) is 0 Å².